The van der Waals surface area contributed by atoms with Gasteiger partial charge in [-0.05, 0) is 60.7 Å². The number of imide groups is 1. The number of amides is 4. The molecular formula is C35H33F3N6O5S. The Hall–Kier alpha value is -4.89. The third kappa shape index (κ3) is 6.42. The summed E-state index contributed by atoms with van der Waals surface area (Å²) in [5.41, 5.74) is 2.16. The first-order valence-corrected chi connectivity index (χ1v) is 16.7. The molecule has 11 nitrogen and oxygen atoms in total. The summed E-state index contributed by atoms with van der Waals surface area (Å²) in [7, 11) is 1.44. The molecule has 7 rings (SSSR count). The first-order chi connectivity index (χ1) is 23.9. The fourth-order valence-corrected chi connectivity index (χ4v) is 7.42. The van der Waals surface area contributed by atoms with Crippen molar-refractivity contribution in [2.45, 2.75) is 55.9 Å². The fraction of sp³-hybridized carbons (Fsp3) is 0.343. The maximum atomic E-state index is 13.4. The van der Waals surface area contributed by atoms with Crippen molar-refractivity contribution >= 4 is 52.8 Å². The van der Waals surface area contributed by atoms with Crippen LogP contribution in [0.25, 0.3) is 10.9 Å². The van der Waals surface area contributed by atoms with Crippen LogP contribution < -0.4 is 15.4 Å². The molecule has 3 aliphatic rings. The van der Waals surface area contributed by atoms with Crippen LogP contribution >= 0.6 is 12.6 Å². The van der Waals surface area contributed by atoms with Crippen LogP contribution in [0, 0.1) is 0 Å². The minimum absolute atomic E-state index is 0.112. The molecule has 2 atom stereocenters. The van der Waals surface area contributed by atoms with Crippen LogP contribution in [-0.4, -0.2) is 69.5 Å². The van der Waals surface area contributed by atoms with Crippen LogP contribution in [-0.2, 0) is 22.3 Å². The zero-order valence-corrected chi connectivity index (χ0v) is 27.8. The number of hydrogen-bond donors (Lipinski definition) is 3. The summed E-state index contributed by atoms with van der Waals surface area (Å²) in [6.07, 6.45) is -0.606. The van der Waals surface area contributed by atoms with Crippen LogP contribution in [0.4, 0.5) is 18.9 Å². The normalized spacial score (nSPS) is 20.3. The highest BCUT2D eigenvalue weighted by atomic mass is 32.1. The van der Waals surface area contributed by atoms with Crippen LogP contribution in [0.15, 0.2) is 60.8 Å². The zero-order chi connectivity index (χ0) is 35.3. The summed E-state index contributed by atoms with van der Waals surface area (Å²) in [5, 5.41) is 9.93. The van der Waals surface area contributed by atoms with E-state index in [1.807, 2.05) is 29.1 Å². The third-order valence-electron chi connectivity index (χ3n) is 9.55. The highest BCUT2D eigenvalue weighted by molar-refractivity contribution is 7.80. The van der Waals surface area contributed by atoms with Crippen LogP contribution in [0.3, 0.4) is 0 Å². The highest BCUT2D eigenvalue weighted by Crippen LogP contribution is 2.40. The Kier molecular flexibility index (Phi) is 8.80. The number of ether oxygens (including phenoxy) is 1. The molecule has 3 aliphatic heterocycles. The monoisotopic (exact) mass is 706 g/mol. The molecule has 4 aromatic rings. The van der Waals surface area contributed by atoms with Crippen LogP contribution in [0.2, 0.25) is 0 Å². The summed E-state index contributed by atoms with van der Waals surface area (Å²) in [6.45, 7) is 2.20. The molecule has 4 amide bonds. The molecule has 0 bridgehead atoms. The Bertz CT molecular complexity index is 2030. The SMILES string of the molecule is COc1cc2nn(C3CCN(Cc4ccc5c(c4)C(=O)N(C4CCC(=O)NC4=O)C5S)CC3)cc2cc1NC(=O)c1cccc(C(F)(F)F)c1. The Morgan fingerprint density at radius 1 is 1.06 bits per heavy atom. The number of piperidine rings is 2. The summed E-state index contributed by atoms with van der Waals surface area (Å²) in [6, 6.07) is 12.7. The lowest BCUT2D eigenvalue weighted by Gasteiger charge is -2.32. The van der Waals surface area contributed by atoms with E-state index in [4.69, 9.17) is 9.84 Å². The Morgan fingerprint density at radius 3 is 2.56 bits per heavy atom. The fourth-order valence-electron chi connectivity index (χ4n) is 6.93. The van der Waals surface area contributed by atoms with E-state index in [-0.39, 0.29) is 36.3 Å². The Morgan fingerprint density at radius 2 is 1.84 bits per heavy atom. The van der Waals surface area contributed by atoms with Crippen LogP contribution in [0.5, 0.6) is 5.75 Å². The molecule has 2 N–H and O–H groups in total. The van der Waals surface area contributed by atoms with Gasteiger partial charge in [-0.3, -0.25) is 34.1 Å². The smallest absolute Gasteiger partial charge is 0.416 e. The number of halogens is 3. The van der Waals surface area contributed by atoms with Gasteiger partial charge in [0.15, 0.2) is 0 Å². The topological polar surface area (TPSA) is 126 Å². The van der Waals surface area contributed by atoms with Gasteiger partial charge in [0.1, 0.15) is 17.2 Å². The van der Waals surface area contributed by atoms with E-state index in [1.165, 1.54) is 24.1 Å². The second-order valence-electron chi connectivity index (χ2n) is 12.7. The largest absolute Gasteiger partial charge is 0.494 e. The van der Waals surface area contributed by atoms with Crippen LogP contribution in [0.1, 0.15) is 74.5 Å². The molecule has 260 valence electrons. The van der Waals surface area contributed by atoms with Gasteiger partial charge in [-0.1, -0.05) is 18.2 Å². The minimum Gasteiger partial charge on any atom is -0.494 e. The molecule has 0 spiro atoms. The van der Waals surface area contributed by atoms with Crippen molar-refractivity contribution in [1.82, 2.24) is 24.9 Å². The Labute approximate surface area is 290 Å². The van der Waals surface area contributed by atoms with Gasteiger partial charge in [-0.15, -0.1) is 12.6 Å². The predicted octanol–water partition coefficient (Wildman–Crippen LogP) is 5.34. The number of benzene rings is 3. The van der Waals surface area contributed by atoms with Crippen molar-refractivity contribution in [1.29, 1.82) is 0 Å². The molecule has 2 unspecified atom stereocenters. The molecule has 2 saturated heterocycles. The number of likely N-dealkylation sites (tertiary alicyclic amines) is 1. The lowest BCUT2D eigenvalue weighted by Crippen LogP contribution is -2.53. The molecule has 15 heteroatoms. The number of thiol groups is 1. The van der Waals surface area contributed by atoms with E-state index in [9.17, 15) is 32.3 Å². The van der Waals surface area contributed by atoms with E-state index < -0.39 is 35.0 Å². The molecule has 1 aromatic heterocycles. The number of fused-ring (bicyclic) bond motifs is 2. The summed E-state index contributed by atoms with van der Waals surface area (Å²) in [5.74, 6) is -1.45. The number of nitrogens with zero attached hydrogens (tertiary/aromatic N) is 4. The second-order valence-corrected chi connectivity index (χ2v) is 13.2. The van der Waals surface area contributed by atoms with Gasteiger partial charge in [-0.2, -0.15) is 18.3 Å². The van der Waals surface area contributed by atoms with Crippen molar-refractivity contribution < 1.29 is 37.1 Å². The molecule has 0 aliphatic carbocycles. The molecule has 4 heterocycles. The van der Waals surface area contributed by atoms with Crippen molar-refractivity contribution in [2.75, 3.05) is 25.5 Å². The van der Waals surface area contributed by atoms with Gasteiger partial charge in [-0.25, -0.2) is 0 Å². The number of hydrogen-bond acceptors (Lipinski definition) is 8. The number of methoxy groups -OCH3 is 1. The first-order valence-electron chi connectivity index (χ1n) is 16.1. The molecule has 50 heavy (non-hydrogen) atoms. The average Bonchev–Trinajstić information content (AvgIpc) is 3.61. The van der Waals surface area contributed by atoms with Gasteiger partial charge in [0.2, 0.25) is 11.8 Å². The summed E-state index contributed by atoms with van der Waals surface area (Å²) in [4.78, 5) is 54.2. The van der Waals surface area contributed by atoms with Crippen molar-refractivity contribution in [2.24, 2.45) is 0 Å². The minimum atomic E-state index is -4.57. The predicted molar refractivity (Wildman–Crippen MR) is 180 cm³/mol. The molecule has 0 radical (unpaired) electrons. The number of nitrogens with one attached hydrogen (secondary N) is 2. The van der Waals surface area contributed by atoms with Crippen molar-refractivity contribution in [3.05, 3.63) is 88.6 Å². The number of aromatic nitrogens is 2. The molecule has 2 fully saturated rings. The van der Waals surface area contributed by atoms with Crippen molar-refractivity contribution in [3.63, 3.8) is 0 Å². The maximum Gasteiger partial charge on any atom is 0.416 e. The number of carbonyl (C=O) groups is 4. The maximum absolute atomic E-state index is 13.4. The first kappa shape index (κ1) is 33.6. The lowest BCUT2D eigenvalue weighted by molar-refractivity contribution is -0.138. The standard InChI is InChI=1S/C35H33F3N6O5S/c1-49-29-16-26-21(15-27(29)39-31(46)20-3-2-4-22(14-20)35(36,37)38)18-43(41-26)23-9-11-42(12-10-23)17-19-5-6-24-25(13-19)33(48)44(34(24)50)28-7-8-30(45)40-32(28)47/h2-6,13-16,18,23,28,34,50H,7-12,17H2,1H3,(H,39,46)(H,40,45,47). The number of rotatable bonds is 7. The van der Waals surface area contributed by atoms with E-state index in [0.29, 0.717) is 29.1 Å². The number of anilines is 1. The zero-order valence-electron chi connectivity index (χ0n) is 26.9. The van der Waals surface area contributed by atoms with Crippen molar-refractivity contribution in [3.8, 4) is 5.75 Å². The van der Waals surface area contributed by atoms with Gasteiger partial charge >= 0.3 is 6.18 Å². The quantitative estimate of drug-likeness (QED) is 0.175. The van der Waals surface area contributed by atoms with E-state index in [0.717, 1.165) is 54.6 Å². The van der Waals surface area contributed by atoms with Gasteiger partial charge in [0, 0.05) is 54.8 Å². The molecule has 3 aromatic carbocycles. The third-order valence-corrected chi connectivity index (χ3v) is 10.1. The number of carbonyl (C=O) groups excluding carboxylic acids is 4. The lowest BCUT2D eigenvalue weighted by atomic mass is 10.0. The second kappa shape index (κ2) is 13.1. The summed E-state index contributed by atoms with van der Waals surface area (Å²) < 4.78 is 46.9. The Balaban J connectivity index is 0.997. The number of alkyl halides is 3. The molecular weight excluding hydrogens is 673 g/mol. The van der Waals surface area contributed by atoms with Gasteiger partial charge in [0.05, 0.1) is 29.9 Å². The van der Waals surface area contributed by atoms with E-state index in [1.54, 1.807) is 12.1 Å². The molecule has 0 saturated carbocycles. The summed E-state index contributed by atoms with van der Waals surface area (Å²) >= 11 is 4.65. The van der Waals surface area contributed by atoms with E-state index in [2.05, 4.69) is 28.2 Å². The van der Waals surface area contributed by atoms with E-state index >= 15 is 0 Å². The average molecular weight is 707 g/mol. The highest BCUT2D eigenvalue weighted by Gasteiger charge is 2.43. The van der Waals surface area contributed by atoms with Gasteiger partial charge < -0.3 is 15.0 Å². The van der Waals surface area contributed by atoms with Gasteiger partial charge in [0.25, 0.3) is 11.8 Å².